The predicted octanol–water partition coefficient (Wildman–Crippen LogP) is 2.17. The molecule has 1 heteroatoms. The highest BCUT2D eigenvalue weighted by atomic mass is 16.2. The molecular formula is C11H14O. The van der Waals surface area contributed by atoms with Crippen LogP contribution in [0.25, 0.3) is 0 Å². The Morgan fingerprint density at radius 2 is 1.83 bits per heavy atom. The fourth-order valence-electron chi connectivity index (χ4n) is 1.09. The minimum Gasteiger partial charge on any atom is -0.392 e. The number of aliphatic hydroxyl groups is 1. The lowest BCUT2D eigenvalue weighted by Crippen LogP contribution is -1.81. The maximum Gasteiger partial charge on any atom is 0.0612 e. The molecule has 0 heterocycles. The Morgan fingerprint density at radius 1 is 1.08 bits per heavy atom. The third kappa shape index (κ3) is 3.35. The van der Waals surface area contributed by atoms with Crippen molar-refractivity contribution in [2.24, 2.45) is 0 Å². The summed E-state index contributed by atoms with van der Waals surface area (Å²) in [6.45, 7) is 0.148. The van der Waals surface area contributed by atoms with Gasteiger partial charge in [0.05, 0.1) is 6.61 Å². The van der Waals surface area contributed by atoms with E-state index in [0.29, 0.717) is 0 Å². The first-order valence-corrected chi connectivity index (χ1v) is 4.23. The van der Waals surface area contributed by atoms with E-state index in [0.717, 1.165) is 12.8 Å². The number of hydrogen-bond acceptors (Lipinski definition) is 1. The summed E-state index contributed by atoms with van der Waals surface area (Å²) >= 11 is 0. The van der Waals surface area contributed by atoms with Crippen LogP contribution in [0.1, 0.15) is 12.0 Å². The molecule has 64 valence electrons. The van der Waals surface area contributed by atoms with E-state index in [1.165, 1.54) is 5.56 Å². The van der Waals surface area contributed by atoms with Gasteiger partial charge in [-0.25, -0.2) is 0 Å². The zero-order valence-electron chi connectivity index (χ0n) is 7.11. The van der Waals surface area contributed by atoms with Gasteiger partial charge < -0.3 is 5.11 Å². The van der Waals surface area contributed by atoms with Gasteiger partial charge in [0, 0.05) is 0 Å². The summed E-state index contributed by atoms with van der Waals surface area (Å²) in [4.78, 5) is 0. The Morgan fingerprint density at radius 3 is 2.50 bits per heavy atom. The molecule has 0 unspecified atom stereocenters. The lowest BCUT2D eigenvalue weighted by atomic mass is 10.1. The van der Waals surface area contributed by atoms with Gasteiger partial charge in [-0.2, -0.15) is 0 Å². The van der Waals surface area contributed by atoms with Crippen LogP contribution in [0.15, 0.2) is 42.5 Å². The highest BCUT2D eigenvalue weighted by Crippen LogP contribution is 2.02. The minimum atomic E-state index is 0.148. The third-order valence-corrected chi connectivity index (χ3v) is 1.71. The lowest BCUT2D eigenvalue weighted by Gasteiger charge is -1.95. The summed E-state index contributed by atoms with van der Waals surface area (Å²) in [5.41, 5.74) is 1.35. The zero-order chi connectivity index (χ0) is 8.65. The minimum absolute atomic E-state index is 0.148. The molecule has 1 aromatic rings. The van der Waals surface area contributed by atoms with Crippen LogP contribution in [0.2, 0.25) is 0 Å². The van der Waals surface area contributed by atoms with Crippen molar-refractivity contribution >= 4 is 0 Å². The normalized spacial score (nSPS) is 10.8. The molecule has 0 fully saturated rings. The van der Waals surface area contributed by atoms with Crippen LogP contribution in [0.4, 0.5) is 0 Å². The molecule has 0 aliphatic carbocycles. The van der Waals surface area contributed by atoms with Crippen LogP contribution >= 0.6 is 0 Å². The molecule has 1 aromatic carbocycles. The van der Waals surface area contributed by atoms with Crippen molar-refractivity contribution in [2.75, 3.05) is 6.61 Å². The first-order chi connectivity index (χ1) is 5.93. The van der Waals surface area contributed by atoms with E-state index in [1.807, 2.05) is 24.3 Å². The maximum absolute atomic E-state index is 8.48. The van der Waals surface area contributed by atoms with Gasteiger partial charge in [0.15, 0.2) is 0 Å². The van der Waals surface area contributed by atoms with Crippen LogP contribution in [-0.4, -0.2) is 11.7 Å². The second kappa shape index (κ2) is 5.56. The molecule has 0 radical (unpaired) electrons. The predicted molar refractivity (Wildman–Crippen MR) is 51.0 cm³/mol. The number of allylic oxidation sites excluding steroid dienone is 1. The average molecular weight is 162 g/mol. The van der Waals surface area contributed by atoms with Crippen molar-refractivity contribution in [3.63, 3.8) is 0 Å². The first kappa shape index (κ1) is 9.01. The SMILES string of the molecule is OCC=CCCc1ccccc1. The summed E-state index contributed by atoms with van der Waals surface area (Å²) in [5.74, 6) is 0. The summed E-state index contributed by atoms with van der Waals surface area (Å²) in [7, 11) is 0. The Bertz CT molecular complexity index is 226. The van der Waals surface area contributed by atoms with Gasteiger partial charge in [0.25, 0.3) is 0 Å². The molecule has 0 bridgehead atoms. The Hall–Kier alpha value is -1.08. The van der Waals surface area contributed by atoms with E-state index in [4.69, 9.17) is 5.11 Å². The van der Waals surface area contributed by atoms with Gasteiger partial charge in [0.1, 0.15) is 0 Å². The third-order valence-electron chi connectivity index (χ3n) is 1.71. The van der Waals surface area contributed by atoms with Crippen LogP contribution in [0.3, 0.4) is 0 Å². The van der Waals surface area contributed by atoms with Crippen LogP contribution in [0, 0.1) is 0 Å². The first-order valence-electron chi connectivity index (χ1n) is 4.23. The topological polar surface area (TPSA) is 20.2 Å². The molecule has 0 amide bonds. The molecule has 0 aliphatic heterocycles. The van der Waals surface area contributed by atoms with E-state index in [1.54, 1.807) is 6.08 Å². The molecule has 1 N–H and O–H groups in total. The quantitative estimate of drug-likeness (QED) is 0.673. The smallest absolute Gasteiger partial charge is 0.0612 e. The number of hydrogen-bond donors (Lipinski definition) is 1. The van der Waals surface area contributed by atoms with Gasteiger partial charge in [-0.1, -0.05) is 42.5 Å². The molecule has 0 saturated heterocycles. The van der Waals surface area contributed by atoms with Gasteiger partial charge in [0.2, 0.25) is 0 Å². The molecule has 12 heavy (non-hydrogen) atoms. The summed E-state index contributed by atoms with van der Waals surface area (Å²) in [5, 5.41) is 8.48. The van der Waals surface area contributed by atoms with Gasteiger partial charge in [-0.15, -0.1) is 0 Å². The Labute approximate surface area is 73.4 Å². The molecular weight excluding hydrogens is 148 g/mol. The second-order valence-corrected chi connectivity index (χ2v) is 2.68. The standard InChI is InChI=1S/C11H14O/c12-10-6-2-5-9-11-7-3-1-4-8-11/h1-4,6-8,12H,5,9-10H2. The van der Waals surface area contributed by atoms with Gasteiger partial charge in [-0.3, -0.25) is 0 Å². The number of aryl methyl sites for hydroxylation is 1. The van der Waals surface area contributed by atoms with E-state index < -0.39 is 0 Å². The zero-order valence-corrected chi connectivity index (χ0v) is 7.11. The maximum atomic E-state index is 8.48. The van der Waals surface area contributed by atoms with Crippen molar-refractivity contribution in [1.82, 2.24) is 0 Å². The molecule has 0 saturated carbocycles. The highest BCUT2D eigenvalue weighted by Gasteiger charge is 1.86. The summed E-state index contributed by atoms with van der Waals surface area (Å²) in [6.07, 6.45) is 5.85. The molecule has 0 atom stereocenters. The molecule has 0 aromatic heterocycles. The van der Waals surface area contributed by atoms with E-state index in [2.05, 4.69) is 12.1 Å². The van der Waals surface area contributed by atoms with Crippen molar-refractivity contribution < 1.29 is 5.11 Å². The van der Waals surface area contributed by atoms with E-state index >= 15 is 0 Å². The largest absolute Gasteiger partial charge is 0.392 e. The lowest BCUT2D eigenvalue weighted by molar-refractivity contribution is 0.342. The molecule has 0 spiro atoms. The highest BCUT2D eigenvalue weighted by molar-refractivity contribution is 5.15. The second-order valence-electron chi connectivity index (χ2n) is 2.68. The van der Waals surface area contributed by atoms with Crippen LogP contribution < -0.4 is 0 Å². The van der Waals surface area contributed by atoms with Crippen molar-refractivity contribution in [3.8, 4) is 0 Å². The summed E-state index contributed by atoms with van der Waals surface area (Å²) < 4.78 is 0. The average Bonchev–Trinajstić information content (AvgIpc) is 2.14. The number of aliphatic hydroxyl groups excluding tert-OH is 1. The number of benzene rings is 1. The van der Waals surface area contributed by atoms with Crippen LogP contribution in [-0.2, 0) is 6.42 Å². The molecule has 1 rings (SSSR count). The fourth-order valence-corrected chi connectivity index (χ4v) is 1.09. The van der Waals surface area contributed by atoms with E-state index in [-0.39, 0.29) is 6.61 Å². The Balaban J connectivity index is 2.29. The van der Waals surface area contributed by atoms with Crippen molar-refractivity contribution in [1.29, 1.82) is 0 Å². The van der Waals surface area contributed by atoms with Crippen molar-refractivity contribution in [3.05, 3.63) is 48.0 Å². The van der Waals surface area contributed by atoms with Gasteiger partial charge >= 0.3 is 0 Å². The van der Waals surface area contributed by atoms with Crippen molar-refractivity contribution in [2.45, 2.75) is 12.8 Å². The van der Waals surface area contributed by atoms with Gasteiger partial charge in [-0.05, 0) is 18.4 Å². The van der Waals surface area contributed by atoms with E-state index in [9.17, 15) is 0 Å². The Kier molecular flexibility index (Phi) is 4.17. The monoisotopic (exact) mass is 162 g/mol. The van der Waals surface area contributed by atoms with Crippen LogP contribution in [0.5, 0.6) is 0 Å². The number of rotatable bonds is 4. The summed E-state index contributed by atoms with van der Waals surface area (Å²) in [6, 6.07) is 10.4. The fraction of sp³-hybridized carbons (Fsp3) is 0.273. The molecule has 1 nitrogen and oxygen atoms in total. The molecule has 0 aliphatic rings.